The first-order chi connectivity index (χ1) is 9.19. The molecule has 0 aliphatic heterocycles. The van der Waals surface area contributed by atoms with Gasteiger partial charge in [0.2, 0.25) is 0 Å². The van der Waals surface area contributed by atoms with Crippen LogP contribution in [-0.4, -0.2) is 11.5 Å². The number of rotatable bonds is 5. The zero-order chi connectivity index (χ0) is 13.7. The molecule has 0 amide bonds. The molecule has 2 rings (SSSR count). The van der Waals surface area contributed by atoms with Crippen LogP contribution in [0.1, 0.15) is 18.9 Å². The average molecular weight is 320 g/mol. The summed E-state index contributed by atoms with van der Waals surface area (Å²) in [5.74, 6) is 1.75. The fourth-order valence-corrected chi connectivity index (χ4v) is 2.08. The van der Waals surface area contributed by atoms with Gasteiger partial charge in [-0.05, 0) is 43.2 Å². The van der Waals surface area contributed by atoms with Crippen LogP contribution < -0.4 is 10.6 Å². The summed E-state index contributed by atoms with van der Waals surface area (Å²) in [6.07, 6.45) is 1.09. The van der Waals surface area contributed by atoms with Crippen LogP contribution >= 0.6 is 15.9 Å². The van der Waals surface area contributed by atoms with Gasteiger partial charge in [0.05, 0.1) is 0 Å². The number of nitrogens with one attached hydrogen (secondary N) is 2. The van der Waals surface area contributed by atoms with Crippen molar-refractivity contribution in [3.8, 4) is 0 Å². The zero-order valence-corrected chi connectivity index (χ0v) is 12.8. The van der Waals surface area contributed by atoms with E-state index in [0.29, 0.717) is 0 Å². The molecule has 3 nitrogen and oxygen atoms in total. The van der Waals surface area contributed by atoms with Gasteiger partial charge in [0.1, 0.15) is 11.6 Å². The van der Waals surface area contributed by atoms with E-state index in [1.807, 2.05) is 24.3 Å². The van der Waals surface area contributed by atoms with Gasteiger partial charge in [-0.1, -0.05) is 35.0 Å². The van der Waals surface area contributed by atoms with Crippen LogP contribution in [0.15, 0.2) is 40.9 Å². The Labute approximate surface area is 122 Å². The molecule has 0 unspecified atom stereocenters. The van der Waals surface area contributed by atoms with Crippen LogP contribution in [0.4, 0.5) is 17.3 Å². The maximum absolute atomic E-state index is 4.54. The molecule has 0 atom stereocenters. The number of benzene rings is 1. The summed E-state index contributed by atoms with van der Waals surface area (Å²) in [5.41, 5.74) is 2.26. The molecule has 100 valence electrons. The van der Waals surface area contributed by atoms with Crippen molar-refractivity contribution in [2.24, 2.45) is 0 Å². The van der Waals surface area contributed by atoms with E-state index in [1.54, 1.807) is 0 Å². The fourth-order valence-electron chi connectivity index (χ4n) is 1.72. The predicted octanol–water partition coefficient (Wildman–Crippen LogP) is 4.72. The minimum absolute atomic E-state index is 0.849. The Balaban J connectivity index is 2.16. The summed E-state index contributed by atoms with van der Waals surface area (Å²) in [6, 6.07) is 12.1. The Bertz CT molecular complexity index is 555. The number of nitrogens with zero attached hydrogens (tertiary/aromatic N) is 1. The van der Waals surface area contributed by atoms with Crippen molar-refractivity contribution < 1.29 is 0 Å². The lowest BCUT2D eigenvalue weighted by molar-refractivity contribution is 0.970. The molecule has 1 heterocycles. The second-order valence-corrected chi connectivity index (χ2v) is 5.33. The van der Waals surface area contributed by atoms with Crippen molar-refractivity contribution in [2.45, 2.75) is 20.3 Å². The van der Waals surface area contributed by atoms with Gasteiger partial charge in [-0.3, -0.25) is 0 Å². The van der Waals surface area contributed by atoms with E-state index in [9.17, 15) is 0 Å². The number of aryl methyl sites for hydroxylation is 1. The lowest BCUT2D eigenvalue weighted by Crippen LogP contribution is -2.03. The summed E-state index contributed by atoms with van der Waals surface area (Å²) in [6.45, 7) is 5.15. The van der Waals surface area contributed by atoms with E-state index < -0.39 is 0 Å². The Kier molecular flexibility index (Phi) is 4.80. The largest absolute Gasteiger partial charge is 0.370 e. The van der Waals surface area contributed by atoms with E-state index >= 15 is 0 Å². The Hall–Kier alpha value is -1.55. The third kappa shape index (κ3) is 3.96. The minimum atomic E-state index is 0.849. The molecular weight excluding hydrogens is 302 g/mol. The van der Waals surface area contributed by atoms with Crippen molar-refractivity contribution in [3.63, 3.8) is 0 Å². The molecule has 19 heavy (non-hydrogen) atoms. The third-order valence-corrected chi connectivity index (χ3v) is 3.26. The van der Waals surface area contributed by atoms with Crippen LogP contribution in [-0.2, 0) is 0 Å². The zero-order valence-electron chi connectivity index (χ0n) is 11.2. The molecule has 0 fully saturated rings. The Morgan fingerprint density at radius 1 is 1.16 bits per heavy atom. The predicted molar refractivity (Wildman–Crippen MR) is 85.2 cm³/mol. The van der Waals surface area contributed by atoms with E-state index in [0.717, 1.165) is 34.8 Å². The lowest BCUT2D eigenvalue weighted by Gasteiger charge is -2.11. The molecule has 1 aromatic carbocycles. The Morgan fingerprint density at radius 2 is 1.95 bits per heavy atom. The van der Waals surface area contributed by atoms with Crippen molar-refractivity contribution in [1.82, 2.24) is 4.98 Å². The summed E-state index contributed by atoms with van der Waals surface area (Å²) in [4.78, 5) is 4.54. The van der Waals surface area contributed by atoms with Gasteiger partial charge in [-0.15, -0.1) is 0 Å². The number of hydrogen-bond donors (Lipinski definition) is 2. The van der Waals surface area contributed by atoms with Crippen LogP contribution in [0, 0.1) is 6.92 Å². The SMILES string of the molecule is CCCNc1cccc(Nc2cc(Br)ccc2C)n1. The van der Waals surface area contributed by atoms with Crippen LogP contribution in [0.3, 0.4) is 0 Å². The summed E-state index contributed by atoms with van der Waals surface area (Å²) < 4.78 is 1.06. The lowest BCUT2D eigenvalue weighted by atomic mass is 10.2. The smallest absolute Gasteiger partial charge is 0.132 e. The highest BCUT2D eigenvalue weighted by atomic mass is 79.9. The van der Waals surface area contributed by atoms with Gasteiger partial charge in [0.15, 0.2) is 0 Å². The molecule has 0 radical (unpaired) electrons. The molecule has 4 heteroatoms. The maximum atomic E-state index is 4.54. The molecule has 0 saturated carbocycles. The van der Waals surface area contributed by atoms with Crippen molar-refractivity contribution in [2.75, 3.05) is 17.2 Å². The third-order valence-electron chi connectivity index (χ3n) is 2.77. The van der Waals surface area contributed by atoms with E-state index in [4.69, 9.17) is 0 Å². The molecule has 2 aromatic rings. The fraction of sp³-hybridized carbons (Fsp3) is 0.267. The van der Waals surface area contributed by atoms with Crippen LogP contribution in [0.5, 0.6) is 0 Å². The molecule has 0 spiro atoms. The summed E-state index contributed by atoms with van der Waals surface area (Å²) >= 11 is 3.49. The number of hydrogen-bond acceptors (Lipinski definition) is 3. The first-order valence-corrected chi connectivity index (χ1v) is 7.22. The summed E-state index contributed by atoms with van der Waals surface area (Å²) in [7, 11) is 0. The highest BCUT2D eigenvalue weighted by Crippen LogP contribution is 2.24. The van der Waals surface area contributed by atoms with Crippen molar-refractivity contribution >= 4 is 33.3 Å². The highest BCUT2D eigenvalue weighted by Gasteiger charge is 2.02. The van der Waals surface area contributed by atoms with Crippen LogP contribution in [0.25, 0.3) is 0 Å². The monoisotopic (exact) mass is 319 g/mol. The van der Waals surface area contributed by atoms with E-state index in [2.05, 4.69) is 57.5 Å². The second kappa shape index (κ2) is 6.57. The van der Waals surface area contributed by atoms with E-state index in [1.165, 1.54) is 5.56 Å². The standard InChI is InChI=1S/C15H18BrN3/c1-3-9-17-14-5-4-6-15(19-14)18-13-10-12(16)8-7-11(13)2/h4-8,10H,3,9H2,1-2H3,(H2,17,18,19). The Morgan fingerprint density at radius 3 is 2.74 bits per heavy atom. The first-order valence-electron chi connectivity index (χ1n) is 6.43. The number of aromatic nitrogens is 1. The molecule has 2 N–H and O–H groups in total. The van der Waals surface area contributed by atoms with Crippen LogP contribution in [0.2, 0.25) is 0 Å². The van der Waals surface area contributed by atoms with Crippen molar-refractivity contribution in [3.05, 3.63) is 46.4 Å². The number of anilines is 3. The van der Waals surface area contributed by atoms with E-state index in [-0.39, 0.29) is 0 Å². The van der Waals surface area contributed by atoms with Gasteiger partial charge in [-0.2, -0.15) is 0 Å². The van der Waals surface area contributed by atoms with Gasteiger partial charge in [0.25, 0.3) is 0 Å². The molecule has 0 bridgehead atoms. The quantitative estimate of drug-likeness (QED) is 0.837. The van der Waals surface area contributed by atoms with Gasteiger partial charge in [-0.25, -0.2) is 4.98 Å². The maximum Gasteiger partial charge on any atom is 0.132 e. The number of halogens is 1. The molecule has 0 saturated heterocycles. The minimum Gasteiger partial charge on any atom is -0.370 e. The topological polar surface area (TPSA) is 37.0 Å². The molecular formula is C15H18BrN3. The highest BCUT2D eigenvalue weighted by molar-refractivity contribution is 9.10. The first kappa shape index (κ1) is 13.9. The van der Waals surface area contributed by atoms with Gasteiger partial charge >= 0.3 is 0 Å². The second-order valence-electron chi connectivity index (χ2n) is 4.42. The number of pyridine rings is 1. The van der Waals surface area contributed by atoms with Gasteiger partial charge < -0.3 is 10.6 Å². The molecule has 0 aliphatic carbocycles. The van der Waals surface area contributed by atoms with Gasteiger partial charge in [0, 0.05) is 16.7 Å². The average Bonchev–Trinajstić information content (AvgIpc) is 2.41. The summed E-state index contributed by atoms with van der Waals surface area (Å²) in [5, 5.41) is 6.63. The molecule has 0 aliphatic rings. The molecule has 1 aromatic heterocycles. The van der Waals surface area contributed by atoms with Crippen molar-refractivity contribution in [1.29, 1.82) is 0 Å². The normalized spacial score (nSPS) is 10.3.